The maximum atomic E-state index is 10.6. The van der Waals surface area contributed by atoms with E-state index in [0.29, 0.717) is 18.0 Å². The predicted octanol–water partition coefficient (Wildman–Crippen LogP) is 3.08. The van der Waals surface area contributed by atoms with Crippen LogP contribution in [0.2, 0.25) is 0 Å². The van der Waals surface area contributed by atoms with E-state index in [1.807, 2.05) is 30.3 Å². The van der Waals surface area contributed by atoms with Crippen LogP contribution in [0.5, 0.6) is 11.6 Å². The minimum Gasteiger partial charge on any atom is -0.475 e. The van der Waals surface area contributed by atoms with Gasteiger partial charge in [0.2, 0.25) is 5.88 Å². The quantitative estimate of drug-likeness (QED) is 0.363. The van der Waals surface area contributed by atoms with E-state index >= 15 is 0 Å². The van der Waals surface area contributed by atoms with Gasteiger partial charge in [-0.1, -0.05) is 18.2 Å². The standard InChI is InChI=1S/C13H10N4O.2C2HF3O2/c14-6-9-11(15)8-5-7-3-1-2-4-10(7)18-13(8)17-12(9)16;2*3-2(4,5)1(6)7/h1-4H,5H2,(H4,15,16,17);2*(H,6,7). The van der Waals surface area contributed by atoms with Gasteiger partial charge in [-0.3, -0.25) is 0 Å². The number of halogens is 6. The molecule has 0 unspecified atom stereocenters. The second-order valence-electron chi connectivity index (χ2n) is 5.67. The highest BCUT2D eigenvalue weighted by molar-refractivity contribution is 5.73. The normalized spacial score (nSPS) is 11.7. The molecule has 15 heteroatoms. The molecule has 2 aromatic rings. The number of pyridine rings is 1. The minimum absolute atomic E-state index is 0.105. The number of carbonyl (C=O) groups is 2. The van der Waals surface area contributed by atoms with Crippen LogP contribution < -0.4 is 16.2 Å². The topological polar surface area (TPSA) is 173 Å². The molecule has 1 aliphatic rings. The monoisotopic (exact) mass is 466 g/mol. The van der Waals surface area contributed by atoms with E-state index in [4.69, 9.17) is 41.3 Å². The highest BCUT2D eigenvalue weighted by Gasteiger charge is 2.38. The third kappa shape index (κ3) is 6.65. The Bertz CT molecular complexity index is 1040. The number of nitrogens with zero attached hydrogens (tertiary/aromatic N) is 2. The molecule has 172 valence electrons. The van der Waals surface area contributed by atoms with E-state index < -0.39 is 24.3 Å². The number of aliphatic carboxylic acids is 2. The summed E-state index contributed by atoms with van der Waals surface area (Å²) in [4.78, 5) is 21.9. The SMILES string of the molecule is N#Cc1c(N)nc2c(c1N)Cc1ccccc1O2.O=C(O)C(F)(F)F.O=C(O)C(F)(F)F. The lowest BCUT2D eigenvalue weighted by molar-refractivity contribution is -0.193. The van der Waals surface area contributed by atoms with Gasteiger partial charge in [-0.15, -0.1) is 0 Å². The summed E-state index contributed by atoms with van der Waals surface area (Å²) in [6, 6.07) is 9.61. The van der Waals surface area contributed by atoms with E-state index in [1.165, 1.54) is 0 Å². The molecular formula is C17H12F6N4O5. The molecule has 0 aliphatic carbocycles. The fraction of sp³-hybridized carbons (Fsp3) is 0.176. The maximum absolute atomic E-state index is 10.6. The van der Waals surface area contributed by atoms with Crippen molar-refractivity contribution in [2.75, 3.05) is 11.5 Å². The Labute approximate surface area is 174 Å². The molecule has 0 bridgehead atoms. The van der Waals surface area contributed by atoms with Crippen LogP contribution in [0.3, 0.4) is 0 Å². The van der Waals surface area contributed by atoms with Crippen molar-refractivity contribution in [2.45, 2.75) is 18.8 Å². The second kappa shape index (κ2) is 9.73. The van der Waals surface area contributed by atoms with Gasteiger partial charge < -0.3 is 26.4 Å². The number of aromatic nitrogens is 1. The van der Waals surface area contributed by atoms with Gasteiger partial charge in [-0.25, -0.2) is 9.59 Å². The minimum atomic E-state index is -5.08. The second-order valence-corrected chi connectivity index (χ2v) is 5.67. The largest absolute Gasteiger partial charge is 0.490 e. The smallest absolute Gasteiger partial charge is 0.475 e. The molecule has 0 saturated heterocycles. The summed E-state index contributed by atoms with van der Waals surface area (Å²) in [7, 11) is 0. The fourth-order valence-corrected chi connectivity index (χ4v) is 2.05. The molecule has 1 aromatic carbocycles. The molecule has 0 atom stereocenters. The van der Waals surface area contributed by atoms with Gasteiger partial charge in [0.15, 0.2) is 0 Å². The van der Waals surface area contributed by atoms with Crippen LogP contribution in [-0.2, 0) is 16.0 Å². The lowest BCUT2D eigenvalue weighted by atomic mass is 9.99. The first-order valence-electron chi connectivity index (χ1n) is 7.93. The molecule has 32 heavy (non-hydrogen) atoms. The van der Waals surface area contributed by atoms with Gasteiger partial charge in [0.05, 0.1) is 5.69 Å². The van der Waals surface area contributed by atoms with E-state index in [0.717, 1.165) is 16.9 Å². The van der Waals surface area contributed by atoms with Gasteiger partial charge in [-0.05, 0) is 11.6 Å². The zero-order valence-electron chi connectivity index (χ0n) is 15.5. The Morgan fingerprint density at radius 2 is 1.50 bits per heavy atom. The number of nitriles is 1. The molecular weight excluding hydrogens is 454 g/mol. The summed E-state index contributed by atoms with van der Waals surface area (Å²) in [6.07, 6.45) is -9.57. The number of nitrogens with two attached hydrogens (primary N) is 2. The Morgan fingerprint density at radius 3 is 1.94 bits per heavy atom. The summed E-state index contributed by atoms with van der Waals surface area (Å²) in [5.41, 5.74) is 13.9. The lowest BCUT2D eigenvalue weighted by Crippen LogP contribution is -2.21. The Morgan fingerprint density at radius 1 is 1.03 bits per heavy atom. The number of anilines is 2. The number of rotatable bonds is 0. The first-order valence-corrected chi connectivity index (χ1v) is 7.93. The number of alkyl halides is 6. The van der Waals surface area contributed by atoms with Crippen molar-refractivity contribution >= 4 is 23.4 Å². The van der Waals surface area contributed by atoms with Gasteiger partial charge >= 0.3 is 24.3 Å². The molecule has 0 spiro atoms. The number of ether oxygens (including phenoxy) is 1. The van der Waals surface area contributed by atoms with Crippen LogP contribution in [0, 0.1) is 11.3 Å². The molecule has 3 rings (SSSR count). The van der Waals surface area contributed by atoms with Crippen LogP contribution in [-0.4, -0.2) is 39.5 Å². The number of carboxylic acid groups (broad SMARTS) is 2. The van der Waals surface area contributed by atoms with Crippen molar-refractivity contribution in [3.63, 3.8) is 0 Å². The number of nitrogen functional groups attached to an aromatic ring is 2. The molecule has 0 fully saturated rings. The van der Waals surface area contributed by atoms with Crippen LogP contribution in [0.15, 0.2) is 24.3 Å². The Kier molecular flexibility index (Phi) is 7.85. The number of hydrogen-bond donors (Lipinski definition) is 4. The molecule has 0 radical (unpaired) electrons. The van der Waals surface area contributed by atoms with Gasteiger partial charge in [-0.2, -0.15) is 36.6 Å². The Hall–Kier alpha value is -4.22. The Balaban J connectivity index is 0.000000305. The molecule has 0 amide bonds. The fourth-order valence-electron chi connectivity index (χ4n) is 2.05. The average molecular weight is 466 g/mol. The summed E-state index contributed by atoms with van der Waals surface area (Å²) in [5.74, 6) is -4.27. The first-order chi connectivity index (χ1) is 14.6. The molecule has 0 saturated carbocycles. The molecule has 9 nitrogen and oxygen atoms in total. The van der Waals surface area contributed by atoms with Crippen molar-refractivity contribution in [1.29, 1.82) is 5.26 Å². The van der Waals surface area contributed by atoms with Crippen molar-refractivity contribution < 1.29 is 50.9 Å². The number of carboxylic acids is 2. The highest BCUT2D eigenvalue weighted by atomic mass is 19.4. The lowest BCUT2D eigenvalue weighted by Gasteiger charge is -2.21. The van der Waals surface area contributed by atoms with Crippen LogP contribution >= 0.6 is 0 Å². The third-order valence-electron chi connectivity index (χ3n) is 3.47. The zero-order chi connectivity index (χ0) is 24.9. The van der Waals surface area contributed by atoms with Gasteiger partial charge in [0, 0.05) is 12.0 Å². The molecule has 1 aliphatic heterocycles. The van der Waals surface area contributed by atoms with Crippen molar-refractivity contribution in [1.82, 2.24) is 4.98 Å². The number of para-hydroxylation sites is 1. The van der Waals surface area contributed by atoms with Crippen LogP contribution in [0.4, 0.5) is 37.8 Å². The molecule has 2 heterocycles. The van der Waals surface area contributed by atoms with Crippen molar-refractivity contribution in [3.05, 3.63) is 41.0 Å². The van der Waals surface area contributed by atoms with Gasteiger partial charge in [0.1, 0.15) is 23.2 Å². The number of benzene rings is 1. The predicted molar refractivity (Wildman–Crippen MR) is 94.5 cm³/mol. The summed E-state index contributed by atoms with van der Waals surface area (Å²) < 4.78 is 69.1. The van der Waals surface area contributed by atoms with Crippen LogP contribution in [0.1, 0.15) is 16.7 Å². The molecule has 1 aromatic heterocycles. The van der Waals surface area contributed by atoms with Gasteiger partial charge in [0.25, 0.3) is 0 Å². The summed E-state index contributed by atoms with van der Waals surface area (Å²) in [5, 5.41) is 23.3. The maximum Gasteiger partial charge on any atom is 0.490 e. The average Bonchev–Trinajstić information content (AvgIpc) is 2.66. The van der Waals surface area contributed by atoms with Crippen molar-refractivity contribution in [2.24, 2.45) is 0 Å². The first kappa shape index (κ1) is 25.8. The van der Waals surface area contributed by atoms with E-state index in [1.54, 1.807) is 0 Å². The number of hydrogen-bond acceptors (Lipinski definition) is 7. The van der Waals surface area contributed by atoms with Crippen LogP contribution in [0.25, 0.3) is 0 Å². The van der Waals surface area contributed by atoms with E-state index in [2.05, 4.69) is 4.98 Å². The summed E-state index contributed by atoms with van der Waals surface area (Å²) in [6.45, 7) is 0. The van der Waals surface area contributed by atoms with E-state index in [9.17, 15) is 26.3 Å². The zero-order valence-corrected chi connectivity index (χ0v) is 15.5. The molecule has 6 N–H and O–H groups in total. The number of fused-ring (bicyclic) bond motifs is 2. The van der Waals surface area contributed by atoms with Crippen molar-refractivity contribution in [3.8, 4) is 17.7 Å². The highest BCUT2D eigenvalue weighted by Crippen LogP contribution is 2.39. The third-order valence-corrected chi connectivity index (χ3v) is 3.47. The summed E-state index contributed by atoms with van der Waals surface area (Å²) >= 11 is 0. The van der Waals surface area contributed by atoms with E-state index in [-0.39, 0.29) is 11.4 Å².